The van der Waals surface area contributed by atoms with Crippen molar-refractivity contribution in [3.8, 4) is 0 Å². The molecule has 0 aliphatic carbocycles. The molecule has 0 unspecified atom stereocenters. The minimum Gasteiger partial charge on any atom is -0.444 e. The van der Waals surface area contributed by atoms with E-state index in [-0.39, 0.29) is 0 Å². The largest absolute Gasteiger partial charge is 0.444 e. The molecule has 0 spiro atoms. The third-order valence-corrected chi connectivity index (χ3v) is 5.95. The van der Waals surface area contributed by atoms with Gasteiger partial charge in [-0.05, 0) is 51.1 Å². The second-order valence-corrected chi connectivity index (χ2v) is 9.53. The predicted octanol–water partition coefficient (Wildman–Crippen LogP) is 3.54. The fraction of sp³-hybridized carbons (Fsp3) is 0.400. The molecule has 5 rings (SSSR count). The zero-order valence-electron chi connectivity index (χ0n) is 19.9. The molecule has 9 nitrogen and oxygen atoms in total. The number of imidazole rings is 1. The van der Waals surface area contributed by atoms with Crippen molar-refractivity contribution < 1.29 is 9.53 Å². The highest BCUT2D eigenvalue weighted by atomic mass is 16.6. The van der Waals surface area contributed by atoms with Gasteiger partial charge < -0.3 is 24.4 Å². The minimum atomic E-state index is -0.504. The van der Waals surface area contributed by atoms with Gasteiger partial charge in [-0.3, -0.25) is 4.40 Å². The van der Waals surface area contributed by atoms with Gasteiger partial charge >= 0.3 is 6.09 Å². The highest BCUT2D eigenvalue weighted by molar-refractivity contribution is 5.78. The summed E-state index contributed by atoms with van der Waals surface area (Å²) in [6.07, 6.45) is 5.47. The van der Waals surface area contributed by atoms with Gasteiger partial charge in [0.25, 0.3) is 0 Å². The predicted molar refractivity (Wildman–Crippen MR) is 134 cm³/mol. The molecule has 34 heavy (non-hydrogen) atoms. The summed E-state index contributed by atoms with van der Waals surface area (Å²) in [6, 6.07) is 12.5. The lowest BCUT2D eigenvalue weighted by atomic mass is 10.2. The molecule has 0 radical (unpaired) electrons. The number of alkyl carbamates (subject to hydrolysis) is 1. The summed E-state index contributed by atoms with van der Waals surface area (Å²) in [5.41, 5.74) is 1.39. The van der Waals surface area contributed by atoms with E-state index in [1.807, 2.05) is 45.4 Å². The Bertz CT molecular complexity index is 1300. The van der Waals surface area contributed by atoms with E-state index in [0.29, 0.717) is 13.1 Å². The van der Waals surface area contributed by atoms with Gasteiger partial charge in [-0.1, -0.05) is 6.07 Å². The molecule has 1 N–H and O–H groups in total. The summed E-state index contributed by atoms with van der Waals surface area (Å²) < 4.78 is 9.52. The molecule has 1 saturated heterocycles. The van der Waals surface area contributed by atoms with Gasteiger partial charge in [0.1, 0.15) is 28.5 Å². The van der Waals surface area contributed by atoms with Crippen molar-refractivity contribution in [2.45, 2.75) is 32.9 Å². The van der Waals surface area contributed by atoms with E-state index in [4.69, 9.17) is 9.72 Å². The topological polar surface area (TPSA) is 79.9 Å². The molecule has 0 aromatic carbocycles. The Kier molecular flexibility index (Phi) is 5.77. The van der Waals surface area contributed by atoms with Crippen molar-refractivity contribution in [1.82, 2.24) is 24.3 Å². The Balaban J connectivity index is 1.23. The van der Waals surface area contributed by atoms with E-state index in [1.54, 1.807) is 0 Å². The average molecular weight is 462 g/mol. The Morgan fingerprint density at radius 2 is 1.82 bits per heavy atom. The first-order valence-electron chi connectivity index (χ1n) is 11.7. The van der Waals surface area contributed by atoms with E-state index in [2.05, 4.69) is 59.4 Å². The maximum atomic E-state index is 11.9. The molecule has 1 fully saturated rings. The lowest BCUT2D eigenvalue weighted by Gasteiger charge is -2.36. The van der Waals surface area contributed by atoms with Crippen LogP contribution in [0.2, 0.25) is 0 Å². The number of ether oxygens (including phenoxy) is 1. The first-order chi connectivity index (χ1) is 16.4. The van der Waals surface area contributed by atoms with Crippen LogP contribution in [0.1, 0.15) is 20.8 Å². The number of hydrogen-bond acceptors (Lipinski definition) is 6. The smallest absolute Gasteiger partial charge is 0.407 e. The average Bonchev–Trinajstić information content (AvgIpc) is 3.45. The monoisotopic (exact) mass is 461 g/mol. The Morgan fingerprint density at radius 3 is 2.62 bits per heavy atom. The van der Waals surface area contributed by atoms with Crippen LogP contribution < -0.4 is 15.1 Å². The highest BCUT2D eigenvalue weighted by Crippen LogP contribution is 2.23. The summed E-state index contributed by atoms with van der Waals surface area (Å²) in [6.45, 7) is 10.3. The van der Waals surface area contributed by atoms with Crippen molar-refractivity contribution >= 4 is 34.4 Å². The number of amides is 1. The molecule has 0 atom stereocenters. The summed E-state index contributed by atoms with van der Waals surface area (Å²) in [4.78, 5) is 26.0. The zero-order chi connectivity index (χ0) is 23.7. The first-order valence-corrected chi connectivity index (χ1v) is 11.7. The van der Waals surface area contributed by atoms with E-state index in [1.165, 1.54) is 5.82 Å². The van der Waals surface area contributed by atoms with E-state index >= 15 is 0 Å². The first kappa shape index (κ1) is 22.1. The lowest BCUT2D eigenvalue weighted by Crippen LogP contribution is -2.47. The Morgan fingerprint density at radius 1 is 1.03 bits per heavy atom. The van der Waals surface area contributed by atoms with Crippen LogP contribution in [0.5, 0.6) is 0 Å². The molecule has 1 aliphatic rings. The molecule has 0 bridgehead atoms. The third kappa shape index (κ3) is 4.64. The van der Waals surface area contributed by atoms with Crippen molar-refractivity contribution in [2.75, 3.05) is 42.5 Å². The van der Waals surface area contributed by atoms with Gasteiger partial charge in [0.05, 0.1) is 0 Å². The van der Waals surface area contributed by atoms with Crippen LogP contribution in [0.4, 0.5) is 16.4 Å². The van der Waals surface area contributed by atoms with Crippen molar-refractivity contribution in [3.05, 3.63) is 55.0 Å². The van der Waals surface area contributed by atoms with Crippen LogP contribution in [0, 0.1) is 0 Å². The number of piperazine rings is 1. The number of anilines is 2. The van der Waals surface area contributed by atoms with Gasteiger partial charge in [0.15, 0.2) is 0 Å². The quantitative estimate of drug-likeness (QED) is 0.490. The maximum absolute atomic E-state index is 11.9. The van der Waals surface area contributed by atoms with Crippen LogP contribution in [-0.2, 0) is 11.3 Å². The molecule has 4 aromatic rings. The molecule has 9 heteroatoms. The zero-order valence-corrected chi connectivity index (χ0v) is 19.9. The van der Waals surface area contributed by atoms with Crippen LogP contribution in [0.3, 0.4) is 0 Å². The Hall–Kier alpha value is -3.75. The lowest BCUT2D eigenvalue weighted by molar-refractivity contribution is 0.0526. The number of rotatable bonds is 5. The van der Waals surface area contributed by atoms with E-state index in [9.17, 15) is 4.79 Å². The van der Waals surface area contributed by atoms with Gasteiger partial charge in [-0.2, -0.15) is 0 Å². The molecular weight excluding hydrogens is 430 g/mol. The number of fused-ring (bicyclic) bond motifs is 2. The van der Waals surface area contributed by atoms with Gasteiger partial charge in [-0.15, -0.1) is 0 Å². The molecule has 0 saturated carbocycles. The second kappa shape index (κ2) is 8.89. The SMILES string of the molecule is CC(C)(C)OC(=O)NCCn1ccc2ccc(N3CCN(c4cccc5nccn45)CC3)nc21. The highest BCUT2D eigenvalue weighted by Gasteiger charge is 2.21. The standard InChI is InChI=1S/C25H31N7O2/c1-25(2,3)34-24(33)27-10-13-31-12-9-19-7-8-21(28-23(19)31)29-15-17-30(18-16-29)22-6-4-5-20-26-11-14-32(20)22/h4-9,11-12,14H,10,13,15-18H2,1-3H3,(H,27,33). The number of hydrogen-bond donors (Lipinski definition) is 1. The third-order valence-electron chi connectivity index (χ3n) is 5.95. The molecule has 5 heterocycles. The molecular formula is C25H31N7O2. The number of nitrogens with zero attached hydrogens (tertiary/aromatic N) is 6. The number of carbonyl (C=O) groups is 1. The van der Waals surface area contributed by atoms with Crippen LogP contribution in [-0.4, -0.2) is 63.4 Å². The van der Waals surface area contributed by atoms with E-state index < -0.39 is 11.7 Å². The number of carbonyl (C=O) groups excluding carboxylic acids is 1. The summed E-state index contributed by atoms with van der Waals surface area (Å²) in [5, 5.41) is 3.91. The van der Waals surface area contributed by atoms with Gasteiger partial charge in [-0.25, -0.2) is 14.8 Å². The second-order valence-electron chi connectivity index (χ2n) is 9.53. The summed E-state index contributed by atoms with van der Waals surface area (Å²) in [7, 11) is 0. The molecule has 4 aromatic heterocycles. The number of nitrogens with one attached hydrogen (secondary N) is 1. The van der Waals surface area contributed by atoms with Gasteiger partial charge in [0.2, 0.25) is 0 Å². The fourth-order valence-electron chi connectivity index (χ4n) is 4.35. The normalized spacial score (nSPS) is 14.7. The van der Waals surface area contributed by atoms with Gasteiger partial charge in [0, 0.05) is 63.2 Å². The van der Waals surface area contributed by atoms with Crippen LogP contribution >= 0.6 is 0 Å². The van der Waals surface area contributed by atoms with E-state index in [0.717, 1.165) is 48.7 Å². The van der Waals surface area contributed by atoms with Crippen molar-refractivity contribution in [1.29, 1.82) is 0 Å². The number of aromatic nitrogens is 4. The van der Waals surface area contributed by atoms with Crippen LogP contribution in [0.25, 0.3) is 16.7 Å². The Labute approximate surface area is 198 Å². The minimum absolute atomic E-state index is 0.401. The maximum Gasteiger partial charge on any atom is 0.407 e. The summed E-state index contributed by atoms with van der Waals surface area (Å²) in [5.74, 6) is 2.15. The van der Waals surface area contributed by atoms with Crippen molar-refractivity contribution in [3.63, 3.8) is 0 Å². The van der Waals surface area contributed by atoms with Crippen LogP contribution in [0.15, 0.2) is 55.0 Å². The summed E-state index contributed by atoms with van der Waals surface area (Å²) >= 11 is 0. The molecule has 1 aliphatic heterocycles. The molecule has 178 valence electrons. The molecule has 1 amide bonds. The fourth-order valence-corrected chi connectivity index (χ4v) is 4.35. The van der Waals surface area contributed by atoms with Crippen molar-refractivity contribution in [2.24, 2.45) is 0 Å². The number of pyridine rings is 2.